The number of aromatic nitrogens is 3. The highest BCUT2D eigenvalue weighted by Gasteiger charge is 2.17. The summed E-state index contributed by atoms with van der Waals surface area (Å²) in [7, 11) is 1.64. The van der Waals surface area contributed by atoms with E-state index in [9.17, 15) is 0 Å². The van der Waals surface area contributed by atoms with Crippen LogP contribution in [0.2, 0.25) is 0 Å². The predicted octanol–water partition coefficient (Wildman–Crippen LogP) is 3.39. The van der Waals surface area contributed by atoms with Crippen LogP contribution in [0.25, 0.3) is 11.2 Å². The molecule has 4 nitrogen and oxygen atoms in total. The molecular weight excluding hydrogens is 278 g/mol. The zero-order valence-corrected chi connectivity index (χ0v) is 12.5. The van der Waals surface area contributed by atoms with Gasteiger partial charge in [0.2, 0.25) is 5.88 Å². The molecule has 3 heterocycles. The Hall–Kier alpha value is -1.01. The molecule has 0 aromatic carbocycles. The van der Waals surface area contributed by atoms with Gasteiger partial charge >= 0.3 is 0 Å². The fourth-order valence-electron chi connectivity index (χ4n) is 2.45. The maximum absolute atomic E-state index is 5.42. The third-order valence-electron chi connectivity index (χ3n) is 3.46. The number of H-pyrrole nitrogens is 1. The normalized spacial score (nSPS) is 19.7. The van der Waals surface area contributed by atoms with Crippen molar-refractivity contribution < 1.29 is 4.74 Å². The van der Waals surface area contributed by atoms with Crippen molar-refractivity contribution in [1.29, 1.82) is 0 Å². The second kappa shape index (κ2) is 5.54. The zero-order valence-electron chi connectivity index (χ0n) is 10.9. The van der Waals surface area contributed by atoms with Gasteiger partial charge in [0.05, 0.1) is 12.6 Å². The summed E-state index contributed by atoms with van der Waals surface area (Å²) in [6, 6.07) is 3.83. The maximum atomic E-state index is 5.42. The Morgan fingerprint density at radius 3 is 3.16 bits per heavy atom. The number of imidazole rings is 1. The van der Waals surface area contributed by atoms with E-state index >= 15 is 0 Å². The molecule has 2 aromatic heterocycles. The molecule has 3 rings (SSSR count). The lowest BCUT2D eigenvalue weighted by atomic mass is 10.2. The molecule has 6 heteroatoms. The molecule has 0 radical (unpaired) electrons. The Labute approximate surface area is 121 Å². The first-order valence-corrected chi connectivity index (χ1v) is 7.99. The average molecular weight is 295 g/mol. The summed E-state index contributed by atoms with van der Waals surface area (Å²) >= 11 is 7.47. The van der Waals surface area contributed by atoms with Crippen molar-refractivity contribution in [2.24, 2.45) is 0 Å². The van der Waals surface area contributed by atoms with Crippen LogP contribution >= 0.6 is 24.0 Å². The molecule has 1 aliphatic rings. The van der Waals surface area contributed by atoms with Gasteiger partial charge in [-0.3, -0.25) is 0 Å². The van der Waals surface area contributed by atoms with E-state index in [4.69, 9.17) is 17.0 Å². The highest BCUT2D eigenvalue weighted by molar-refractivity contribution is 7.99. The molecule has 0 saturated carbocycles. The number of ether oxygens (including phenoxy) is 1. The maximum Gasteiger partial charge on any atom is 0.215 e. The number of aromatic amines is 1. The van der Waals surface area contributed by atoms with Crippen LogP contribution in [-0.4, -0.2) is 32.6 Å². The summed E-state index contributed by atoms with van der Waals surface area (Å²) in [4.78, 5) is 7.73. The average Bonchev–Trinajstić information content (AvgIpc) is 2.76. The molecule has 0 amide bonds. The summed E-state index contributed by atoms with van der Waals surface area (Å²) < 4.78 is 8.06. The van der Waals surface area contributed by atoms with Crippen LogP contribution in [0.1, 0.15) is 19.3 Å². The molecule has 1 aliphatic heterocycles. The second-order valence-electron chi connectivity index (χ2n) is 4.75. The molecule has 2 aromatic rings. The quantitative estimate of drug-likeness (QED) is 0.882. The van der Waals surface area contributed by atoms with Crippen molar-refractivity contribution in [2.45, 2.75) is 31.1 Å². The number of hydrogen-bond donors (Lipinski definition) is 1. The van der Waals surface area contributed by atoms with Gasteiger partial charge in [0.1, 0.15) is 0 Å². The molecule has 1 fully saturated rings. The van der Waals surface area contributed by atoms with Gasteiger partial charge < -0.3 is 14.3 Å². The van der Waals surface area contributed by atoms with E-state index in [1.807, 2.05) is 23.9 Å². The summed E-state index contributed by atoms with van der Waals surface area (Å²) in [5.74, 6) is 1.89. The number of thioether (sulfide) groups is 1. The van der Waals surface area contributed by atoms with Crippen LogP contribution in [0.5, 0.6) is 5.88 Å². The smallest absolute Gasteiger partial charge is 0.215 e. The van der Waals surface area contributed by atoms with Crippen LogP contribution in [0.15, 0.2) is 12.1 Å². The van der Waals surface area contributed by atoms with Gasteiger partial charge in [-0.25, -0.2) is 0 Å². The molecule has 1 N–H and O–H groups in total. The minimum atomic E-state index is 0.631. The Morgan fingerprint density at radius 1 is 1.53 bits per heavy atom. The predicted molar refractivity (Wildman–Crippen MR) is 81.6 cm³/mol. The van der Waals surface area contributed by atoms with Crippen molar-refractivity contribution in [3.8, 4) is 5.88 Å². The standard InChI is InChI=1S/C13H17N3OS2/c1-17-11-6-5-10-12(15-11)16(13(18)14-10)8-9-4-2-3-7-19-9/h5-6,9H,2-4,7-8H2,1H3,(H,14,18). The Kier molecular flexibility index (Phi) is 3.79. The highest BCUT2D eigenvalue weighted by Crippen LogP contribution is 2.27. The SMILES string of the molecule is COc1ccc2[nH]c(=S)n(CC3CCCCS3)c2n1. The highest BCUT2D eigenvalue weighted by atomic mass is 32.2. The van der Waals surface area contributed by atoms with Gasteiger partial charge in [-0.1, -0.05) is 6.42 Å². The van der Waals surface area contributed by atoms with Crippen LogP contribution < -0.4 is 4.74 Å². The largest absolute Gasteiger partial charge is 0.481 e. The van der Waals surface area contributed by atoms with Crippen LogP contribution in [0, 0.1) is 4.77 Å². The van der Waals surface area contributed by atoms with E-state index in [2.05, 4.69) is 14.5 Å². The summed E-state index contributed by atoms with van der Waals surface area (Å²) in [6.07, 6.45) is 3.93. The second-order valence-corrected chi connectivity index (χ2v) is 6.55. The van der Waals surface area contributed by atoms with E-state index < -0.39 is 0 Å². The monoisotopic (exact) mass is 295 g/mol. The van der Waals surface area contributed by atoms with Gasteiger partial charge in [0.15, 0.2) is 10.4 Å². The van der Waals surface area contributed by atoms with E-state index in [1.54, 1.807) is 7.11 Å². The lowest BCUT2D eigenvalue weighted by Gasteiger charge is -2.21. The summed E-state index contributed by atoms with van der Waals surface area (Å²) in [6.45, 7) is 0.934. The first-order chi connectivity index (χ1) is 9.28. The van der Waals surface area contributed by atoms with E-state index in [1.165, 1.54) is 25.0 Å². The van der Waals surface area contributed by atoms with Gasteiger partial charge in [-0.05, 0) is 36.9 Å². The molecule has 19 heavy (non-hydrogen) atoms. The van der Waals surface area contributed by atoms with Crippen molar-refractivity contribution in [3.63, 3.8) is 0 Å². The van der Waals surface area contributed by atoms with Crippen LogP contribution in [-0.2, 0) is 6.54 Å². The fraction of sp³-hybridized carbons (Fsp3) is 0.538. The zero-order chi connectivity index (χ0) is 13.2. The molecule has 0 aliphatic carbocycles. The van der Waals surface area contributed by atoms with E-state index in [-0.39, 0.29) is 0 Å². The van der Waals surface area contributed by atoms with Gasteiger partial charge in [-0.15, -0.1) is 0 Å². The summed E-state index contributed by atoms with van der Waals surface area (Å²) in [5.41, 5.74) is 1.88. The Balaban J connectivity index is 1.96. The van der Waals surface area contributed by atoms with Crippen molar-refractivity contribution in [3.05, 3.63) is 16.9 Å². The molecule has 0 bridgehead atoms. The number of fused-ring (bicyclic) bond motifs is 1. The van der Waals surface area contributed by atoms with Gasteiger partial charge in [0.25, 0.3) is 0 Å². The number of methoxy groups -OCH3 is 1. The number of nitrogens with one attached hydrogen (secondary N) is 1. The minimum absolute atomic E-state index is 0.631. The molecule has 102 valence electrons. The molecule has 1 atom stereocenters. The van der Waals surface area contributed by atoms with E-state index in [0.29, 0.717) is 11.1 Å². The van der Waals surface area contributed by atoms with Crippen molar-refractivity contribution in [2.75, 3.05) is 12.9 Å². The van der Waals surface area contributed by atoms with Crippen LogP contribution in [0.4, 0.5) is 0 Å². The summed E-state index contributed by atoms with van der Waals surface area (Å²) in [5, 5.41) is 0.646. The first-order valence-electron chi connectivity index (χ1n) is 6.53. The lowest BCUT2D eigenvalue weighted by molar-refractivity contribution is 0.399. The molecular formula is C13H17N3OS2. The molecule has 1 saturated heterocycles. The fourth-order valence-corrected chi connectivity index (χ4v) is 4.01. The molecule has 0 spiro atoms. The topological polar surface area (TPSA) is 42.8 Å². The third-order valence-corrected chi connectivity index (χ3v) is 5.16. The number of pyridine rings is 1. The minimum Gasteiger partial charge on any atom is -0.481 e. The Morgan fingerprint density at radius 2 is 2.42 bits per heavy atom. The number of nitrogens with zero attached hydrogens (tertiary/aromatic N) is 2. The number of hydrogen-bond acceptors (Lipinski definition) is 4. The van der Waals surface area contributed by atoms with Gasteiger partial charge in [-0.2, -0.15) is 16.7 Å². The van der Waals surface area contributed by atoms with Crippen molar-refractivity contribution in [1.82, 2.24) is 14.5 Å². The first kappa shape index (κ1) is 13.0. The third kappa shape index (κ3) is 2.65. The molecule has 1 unspecified atom stereocenters. The van der Waals surface area contributed by atoms with E-state index in [0.717, 1.165) is 22.5 Å². The van der Waals surface area contributed by atoms with Crippen molar-refractivity contribution >= 4 is 35.1 Å². The lowest BCUT2D eigenvalue weighted by Crippen LogP contribution is -2.17. The number of rotatable bonds is 3. The van der Waals surface area contributed by atoms with Crippen LogP contribution in [0.3, 0.4) is 0 Å². The van der Waals surface area contributed by atoms with Gasteiger partial charge in [0, 0.05) is 17.9 Å². The Bertz CT molecular complexity index is 628.